The molecule has 9 heteroatoms. The Kier molecular flexibility index (Phi) is 8.16. The summed E-state index contributed by atoms with van der Waals surface area (Å²) in [6, 6.07) is 21.4. The number of thioether (sulfide) groups is 1. The van der Waals surface area contributed by atoms with Crippen LogP contribution < -0.4 is 19.8 Å². The Hall–Kier alpha value is -4.11. The maximum absolute atomic E-state index is 12.5. The Morgan fingerprint density at radius 2 is 1.84 bits per heavy atom. The summed E-state index contributed by atoms with van der Waals surface area (Å²) in [4.78, 5) is 12.5. The molecule has 1 aromatic heterocycles. The van der Waals surface area contributed by atoms with Crippen LogP contribution in [0.3, 0.4) is 0 Å². The van der Waals surface area contributed by atoms with Gasteiger partial charge in [-0.05, 0) is 65.6 Å². The van der Waals surface area contributed by atoms with Gasteiger partial charge in [0.25, 0.3) is 11.7 Å². The molecule has 4 rings (SSSR count). The Morgan fingerprint density at radius 1 is 1.13 bits per heavy atom. The minimum atomic E-state index is -0.323. The van der Waals surface area contributed by atoms with Crippen molar-refractivity contribution in [3.05, 3.63) is 83.4 Å². The van der Waals surface area contributed by atoms with E-state index in [0.717, 1.165) is 22.6 Å². The molecule has 8 nitrogen and oxygen atoms in total. The summed E-state index contributed by atoms with van der Waals surface area (Å²) in [6.07, 6.45) is 1.31. The molecule has 1 heterocycles. The van der Waals surface area contributed by atoms with Crippen molar-refractivity contribution < 1.29 is 19.2 Å². The summed E-state index contributed by atoms with van der Waals surface area (Å²) >= 11 is 1.29. The van der Waals surface area contributed by atoms with Crippen molar-refractivity contribution in [2.24, 2.45) is 5.10 Å². The monoisotopic (exact) mass is 529 g/mol. The zero-order valence-electron chi connectivity index (χ0n) is 22.1. The number of hydrazone groups is 1. The maximum atomic E-state index is 12.5. The minimum absolute atomic E-state index is 0.0537. The van der Waals surface area contributed by atoms with Crippen molar-refractivity contribution in [3.8, 4) is 28.6 Å². The Balaban J connectivity index is 1.53. The molecule has 38 heavy (non-hydrogen) atoms. The number of amides is 1. The van der Waals surface area contributed by atoms with Crippen LogP contribution in [0.1, 0.15) is 37.5 Å². The lowest BCUT2D eigenvalue weighted by Crippen LogP contribution is -2.34. The highest BCUT2D eigenvalue weighted by Crippen LogP contribution is 2.27. The van der Waals surface area contributed by atoms with Gasteiger partial charge in [-0.3, -0.25) is 4.79 Å². The Morgan fingerprint density at radius 3 is 2.50 bits per heavy atom. The van der Waals surface area contributed by atoms with Gasteiger partial charge in [-0.15, -0.1) is 5.10 Å². The van der Waals surface area contributed by atoms with E-state index >= 15 is 0 Å². The van der Waals surface area contributed by atoms with Crippen molar-refractivity contribution >= 4 is 23.9 Å². The molecule has 0 atom stereocenters. The van der Waals surface area contributed by atoms with E-state index < -0.39 is 0 Å². The smallest absolute Gasteiger partial charge is 0.342 e. The van der Waals surface area contributed by atoms with Gasteiger partial charge in [0.2, 0.25) is 0 Å². The average Bonchev–Trinajstić information content (AvgIpc) is 3.32. The van der Waals surface area contributed by atoms with E-state index in [2.05, 4.69) is 65.8 Å². The summed E-state index contributed by atoms with van der Waals surface area (Å²) < 4.78 is 7.04. The van der Waals surface area contributed by atoms with Crippen LogP contribution >= 0.6 is 11.8 Å². The number of H-pyrrole nitrogens is 1. The molecule has 0 radical (unpaired) electrons. The van der Waals surface area contributed by atoms with Gasteiger partial charge in [0.15, 0.2) is 0 Å². The lowest BCUT2D eigenvalue weighted by atomic mass is 9.87. The van der Waals surface area contributed by atoms with Gasteiger partial charge >= 0.3 is 5.16 Å². The number of para-hydroxylation sites is 1. The Bertz CT molecular complexity index is 1440. The molecule has 0 saturated carbocycles. The number of hydrogen-bond donors (Lipinski definition) is 2. The molecule has 0 aliphatic heterocycles. The van der Waals surface area contributed by atoms with Gasteiger partial charge in [-0.2, -0.15) is 9.67 Å². The second-order valence-corrected chi connectivity index (χ2v) is 10.8. The summed E-state index contributed by atoms with van der Waals surface area (Å²) in [5, 5.41) is 24.5. The summed E-state index contributed by atoms with van der Waals surface area (Å²) in [5.41, 5.74) is 7.16. The third-order valence-corrected chi connectivity index (χ3v) is 6.88. The molecular weight excluding hydrogens is 498 g/mol. The number of carbonyl (C=O) groups excluding carboxylic acids is 1. The van der Waals surface area contributed by atoms with Gasteiger partial charge < -0.3 is 9.84 Å². The van der Waals surface area contributed by atoms with Gasteiger partial charge in [0.1, 0.15) is 11.4 Å². The number of ether oxygens (including phenoxy) is 1. The molecule has 0 unspecified atom stereocenters. The normalized spacial score (nSPS) is 11.6. The SMILES string of the molecule is COc1cccc(/C=N/NC(=O)CSc2n[nH]c(-c3ccc(C(C)(C)C)cc3)[n+]2-c2ccc(C)cc2)c1[O-]. The molecule has 4 aromatic rings. The van der Waals surface area contributed by atoms with Crippen LogP contribution in [-0.2, 0) is 10.2 Å². The molecule has 1 amide bonds. The number of aryl methyl sites for hydroxylation is 1. The number of rotatable bonds is 8. The van der Waals surface area contributed by atoms with Crippen molar-refractivity contribution in [1.29, 1.82) is 0 Å². The van der Waals surface area contributed by atoms with Crippen LogP contribution in [0.4, 0.5) is 0 Å². The molecule has 2 N–H and O–H groups in total. The number of hydrogen-bond acceptors (Lipinski definition) is 6. The van der Waals surface area contributed by atoms with Gasteiger partial charge in [0.05, 0.1) is 29.7 Å². The molecule has 0 spiro atoms. The van der Waals surface area contributed by atoms with E-state index in [1.165, 1.54) is 30.6 Å². The second kappa shape index (κ2) is 11.5. The maximum Gasteiger partial charge on any atom is 0.342 e. The molecule has 0 bridgehead atoms. The van der Waals surface area contributed by atoms with E-state index in [0.29, 0.717) is 10.7 Å². The lowest BCUT2D eigenvalue weighted by Gasteiger charge is -2.18. The number of carbonyl (C=O) groups is 1. The van der Waals surface area contributed by atoms with Crippen LogP contribution in [0.5, 0.6) is 11.5 Å². The quantitative estimate of drug-likeness (QED) is 0.153. The van der Waals surface area contributed by atoms with E-state index in [4.69, 9.17) is 4.74 Å². The molecule has 0 aliphatic carbocycles. The number of nitrogens with zero attached hydrogens (tertiary/aromatic N) is 3. The Labute approximate surface area is 226 Å². The third kappa shape index (κ3) is 6.23. The number of aromatic amines is 1. The fourth-order valence-electron chi connectivity index (χ4n) is 3.78. The predicted octanol–water partition coefficient (Wildman–Crippen LogP) is 4.28. The van der Waals surface area contributed by atoms with Crippen LogP contribution in [0.15, 0.2) is 77.0 Å². The second-order valence-electron chi connectivity index (χ2n) is 9.81. The van der Waals surface area contributed by atoms with E-state index in [9.17, 15) is 9.90 Å². The van der Waals surface area contributed by atoms with Gasteiger partial charge in [-0.25, -0.2) is 5.43 Å². The first kappa shape index (κ1) is 26.9. The highest BCUT2D eigenvalue weighted by Gasteiger charge is 2.25. The molecule has 0 saturated heterocycles. The average molecular weight is 530 g/mol. The molecule has 0 fully saturated rings. The number of aromatic nitrogens is 3. The standard InChI is InChI=1S/C29H31N5O3S/c1-19-9-15-23(16-10-19)34-27(20-11-13-22(14-12-20)29(2,3)4)32-33-28(34)38-18-25(35)31-30-17-21-7-6-8-24(37-5)26(21)36/h6-17H,18H2,1-5H3,(H2,30,31,35,36). The first-order valence-corrected chi connectivity index (χ1v) is 13.1. The van der Waals surface area contributed by atoms with Crippen LogP contribution in [0.25, 0.3) is 17.1 Å². The molecular formula is C29H31N5O3S. The van der Waals surface area contributed by atoms with Crippen LogP contribution in [-0.4, -0.2) is 35.2 Å². The topological polar surface area (TPSA) is 106 Å². The number of nitrogens with one attached hydrogen (secondary N) is 2. The molecule has 3 aromatic carbocycles. The predicted molar refractivity (Wildman–Crippen MR) is 148 cm³/mol. The van der Waals surface area contributed by atoms with Gasteiger partial charge in [-0.1, -0.05) is 68.5 Å². The van der Waals surface area contributed by atoms with Crippen molar-refractivity contribution in [3.63, 3.8) is 0 Å². The lowest BCUT2D eigenvalue weighted by molar-refractivity contribution is -0.625. The number of methoxy groups -OCH3 is 1. The van der Waals surface area contributed by atoms with Gasteiger partial charge in [0, 0.05) is 0 Å². The van der Waals surface area contributed by atoms with E-state index in [1.54, 1.807) is 18.2 Å². The molecule has 196 valence electrons. The summed E-state index contributed by atoms with van der Waals surface area (Å²) in [7, 11) is 1.43. The fourth-order valence-corrected chi connectivity index (χ4v) is 4.54. The highest BCUT2D eigenvalue weighted by molar-refractivity contribution is 7.99. The largest absolute Gasteiger partial charge is 0.870 e. The minimum Gasteiger partial charge on any atom is -0.870 e. The van der Waals surface area contributed by atoms with Crippen LogP contribution in [0, 0.1) is 6.92 Å². The van der Waals surface area contributed by atoms with Crippen molar-refractivity contribution in [2.75, 3.05) is 12.9 Å². The number of benzene rings is 3. The summed E-state index contributed by atoms with van der Waals surface area (Å²) in [5.74, 6) is 0.506. The van der Waals surface area contributed by atoms with Crippen molar-refractivity contribution in [1.82, 2.24) is 15.6 Å². The van der Waals surface area contributed by atoms with Crippen LogP contribution in [0.2, 0.25) is 0 Å². The van der Waals surface area contributed by atoms with E-state index in [-0.39, 0.29) is 28.6 Å². The molecule has 0 aliphatic rings. The fraction of sp³-hybridized carbons (Fsp3) is 0.241. The highest BCUT2D eigenvalue weighted by atomic mass is 32.2. The summed E-state index contributed by atoms with van der Waals surface area (Å²) in [6.45, 7) is 8.60. The first-order valence-electron chi connectivity index (χ1n) is 12.1. The zero-order chi connectivity index (χ0) is 27.3. The zero-order valence-corrected chi connectivity index (χ0v) is 22.9. The van der Waals surface area contributed by atoms with E-state index in [1.807, 2.05) is 35.8 Å². The third-order valence-electron chi connectivity index (χ3n) is 5.94. The first-order chi connectivity index (χ1) is 18.2. The van der Waals surface area contributed by atoms with Crippen molar-refractivity contribution in [2.45, 2.75) is 38.3 Å².